The number of rotatable bonds is 10. The highest BCUT2D eigenvalue weighted by atomic mass is 127. The highest BCUT2D eigenvalue weighted by Gasteiger charge is 2.29. The number of hydrogen-bond donors (Lipinski definition) is 1. The van der Waals surface area contributed by atoms with Crippen molar-refractivity contribution in [1.29, 1.82) is 0 Å². The molecular formula is C22H26ClIN2O3. The molecule has 0 aromatic heterocycles. The molecule has 5 nitrogen and oxygen atoms in total. The van der Waals surface area contributed by atoms with Crippen LogP contribution in [0.2, 0.25) is 5.02 Å². The van der Waals surface area contributed by atoms with Crippen molar-refractivity contribution in [3.8, 4) is 5.75 Å². The number of amides is 2. The van der Waals surface area contributed by atoms with Gasteiger partial charge in [-0.05, 0) is 71.3 Å². The molecule has 0 aliphatic carbocycles. The second-order valence-corrected chi connectivity index (χ2v) is 8.22. The summed E-state index contributed by atoms with van der Waals surface area (Å²) >= 11 is 8.51. The summed E-state index contributed by atoms with van der Waals surface area (Å²) < 4.78 is 6.75. The van der Waals surface area contributed by atoms with Gasteiger partial charge < -0.3 is 15.0 Å². The van der Waals surface area contributed by atoms with E-state index in [1.807, 2.05) is 56.3 Å². The molecule has 0 spiro atoms. The number of nitrogens with one attached hydrogen (secondary N) is 1. The normalized spacial score (nSPS) is 11.6. The van der Waals surface area contributed by atoms with Gasteiger partial charge in [0, 0.05) is 21.7 Å². The molecule has 0 unspecified atom stereocenters. The fraction of sp³-hybridized carbons (Fsp3) is 0.364. The molecule has 1 N–H and O–H groups in total. The largest absolute Gasteiger partial charge is 0.484 e. The van der Waals surface area contributed by atoms with E-state index in [0.29, 0.717) is 23.7 Å². The maximum absolute atomic E-state index is 13.1. The first-order valence-corrected chi connectivity index (χ1v) is 11.1. The molecule has 2 amide bonds. The van der Waals surface area contributed by atoms with Gasteiger partial charge in [-0.2, -0.15) is 0 Å². The van der Waals surface area contributed by atoms with E-state index in [-0.39, 0.29) is 25.0 Å². The van der Waals surface area contributed by atoms with E-state index in [9.17, 15) is 9.59 Å². The maximum Gasteiger partial charge on any atom is 0.261 e. The first kappa shape index (κ1) is 23.5. The lowest BCUT2D eigenvalue weighted by Crippen LogP contribution is -2.50. The van der Waals surface area contributed by atoms with Crippen LogP contribution in [0.3, 0.4) is 0 Å². The smallest absolute Gasteiger partial charge is 0.261 e. The maximum atomic E-state index is 13.1. The molecule has 156 valence electrons. The monoisotopic (exact) mass is 528 g/mol. The summed E-state index contributed by atoms with van der Waals surface area (Å²) in [6, 6.07) is 14.2. The Hall–Kier alpha value is -1.80. The third-order valence-corrected chi connectivity index (χ3v) is 5.50. The van der Waals surface area contributed by atoms with Gasteiger partial charge in [-0.3, -0.25) is 9.59 Å². The Bertz CT molecular complexity index is 814. The third kappa shape index (κ3) is 7.19. The lowest BCUT2D eigenvalue weighted by Gasteiger charge is -2.30. The first-order valence-electron chi connectivity index (χ1n) is 9.65. The molecule has 1 atom stereocenters. The van der Waals surface area contributed by atoms with E-state index >= 15 is 0 Å². The number of hydrogen-bond acceptors (Lipinski definition) is 3. The minimum absolute atomic E-state index is 0.150. The second kappa shape index (κ2) is 12.0. The van der Waals surface area contributed by atoms with Crippen molar-refractivity contribution in [2.24, 2.45) is 0 Å². The number of benzene rings is 2. The predicted octanol–water partition coefficient (Wildman–Crippen LogP) is 4.66. The van der Waals surface area contributed by atoms with Gasteiger partial charge >= 0.3 is 0 Å². The number of carbonyl (C=O) groups excluding carboxylic acids is 2. The molecule has 0 aliphatic heterocycles. The van der Waals surface area contributed by atoms with Crippen molar-refractivity contribution in [2.75, 3.05) is 13.2 Å². The summed E-state index contributed by atoms with van der Waals surface area (Å²) in [6.45, 7) is 4.55. The summed E-state index contributed by atoms with van der Waals surface area (Å²) in [6.07, 6.45) is 1.33. The number of carbonyl (C=O) groups is 2. The van der Waals surface area contributed by atoms with Gasteiger partial charge in [0.1, 0.15) is 11.8 Å². The van der Waals surface area contributed by atoms with Crippen LogP contribution in [-0.4, -0.2) is 35.9 Å². The molecular weight excluding hydrogens is 503 g/mol. The van der Waals surface area contributed by atoms with Gasteiger partial charge in [-0.1, -0.05) is 43.6 Å². The standard InChI is InChI=1S/C22H26ClIN2O3/c1-3-13-25-22(28)20(4-2)26(14-16-7-5-6-8-19(16)23)21(27)15-29-18-11-9-17(24)10-12-18/h5-12,20H,3-4,13-15H2,1-2H3,(H,25,28)/t20-/m1/s1. The Morgan fingerprint density at radius 2 is 1.83 bits per heavy atom. The van der Waals surface area contributed by atoms with Crippen LogP contribution in [0.1, 0.15) is 32.3 Å². The van der Waals surface area contributed by atoms with E-state index in [1.165, 1.54) is 0 Å². The molecule has 29 heavy (non-hydrogen) atoms. The zero-order valence-corrected chi connectivity index (χ0v) is 19.6. The highest BCUT2D eigenvalue weighted by molar-refractivity contribution is 14.1. The second-order valence-electron chi connectivity index (χ2n) is 6.57. The molecule has 2 aromatic carbocycles. The Balaban J connectivity index is 2.19. The number of nitrogens with zero attached hydrogens (tertiary/aromatic N) is 1. The summed E-state index contributed by atoms with van der Waals surface area (Å²) in [5, 5.41) is 3.45. The van der Waals surface area contributed by atoms with Gasteiger partial charge in [0.05, 0.1) is 0 Å². The Morgan fingerprint density at radius 1 is 1.14 bits per heavy atom. The minimum atomic E-state index is -0.592. The molecule has 0 heterocycles. The van der Waals surface area contributed by atoms with Crippen LogP contribution in [0, 0.1) is 3.57 Å². The zero-order valence-electron chi connectivity index (χ0n) is 16.7. The summed E-state index contributed by atoms with van der Waals surface area (Å²) in [7, 11) is 0. The average molecular weight is 529 g/mol. The van der Waals surface area contributed by atoms with Crippen molar-refractivity contribution in [2.45, 2.75) is 39.3 Å². The average Bonchev–Trinajstić information content (AvgIpc) is 2.72. The van der Waals surface area contributed by atoms with Crippen LogP contribution in [-0.2, 0) is 16.1 Å². The van der Waals surface area contributed by atoms with Crippen molar-refractivity contribution in [3.05, 3.63) is 62.7 Å². The van der Waals surface area contributed by atoms with Crippen LogP contribution in [0.5, 0.6) is 5.75 Å². The quantitative estimate of drug-likeness (QED) is 0.457. The van der Waals surface area contributed by atoms with Crippen molar-refractivity contribution < 1.29 is 14.3 Å². The minimum Gasteiger partial charge on any atom is -0.484 e. The summed E-state index contributed by atoms with van der Waals surface area (Å²) in [5.74, 6) is 0.186. The van der Waals surface area contributed by atoms with E-state index < -0.39 is 6.04 Å². The fourth-order valence-electron chi connectivity index (χ4n) is 2.85. The van der Waals surface area contributed by atoms with Gasteiger partial charge in [0.25, 0.3) is 5.91 Å². The van der Waals surface area contributed by atoms with E-state index in [1.54, 1.807) is 11.0 Å². The van der Waals surface area contributed by atoms with Crippen molar-refractivity contribution in [1.82, 2.24) is 10.2 Å². The van der Waals surface area contributed by atoms with Gasteiger partial charge in [0.15, 0.2) is 6.61 Å². The Morgan fingerprint density at radius 3 is 2.45 bits per heavy atom. The van der Waals surface area contributed by atoms with E-state index in [2.05, 4.69) is 27.9 Å². The molecule has 0 bridgehead atoms. The molecule has 0 saturated carbocycles. The molecule has 2 rings (SSSR count). The SMILES string of the molecule is CCCNC(=O)[C@@H](CC)N(Cc1ccccc1Cl)C(=O)COc1ccc(I)cc1. The van der Waals surface area contributed by atoms with E-state index in [0.717, 1.165) is 15.6 Å². The zero-order chi connectivity index (χ0) is 21.2. The number of halogens is 2. The third-order valence-electron chi connectivity index (χ3n) is 4.41. The van der Waals surface area contributed by atoms with Crippen LogP contribution in [0.15, 0.2) is 48.5 Å². The first-order chi connectivity index (χ1) is 14.0. The Kier molecular flexibility index (Phi) is 9.73. The van der Waals surface area contributed by atoms with Crippen molar-refractivity contribution >= 4 is 46.0 Å². The molecule has 7 heteroatoms. The fourth-order valence-corrected chi connectivity index (χ4v) is 3.41. The molecule has 0 radical (unpaired) electrons. The molecule has 0 saturated heterocycles. The predicted molar refractivity (Wildman–Crippen MR) is 124 cm³/mol. The summed E-state index contributed by atoms with van der Waals surface area (Å²) in [5.41, 5.74) is 0.790. The van der Waals surface area contributed by atoms with Crippen LogP contribution < -0.4 is 10.1 Å². The van der Waals surface area contributed by atoms with Crippen LogP contribution in [0.4, 0.5) is 0 Å². The molecule has 2 aromatic rings. The summed E-state index contributed by atoms with van der Waals surface area (Å²) in [4.78, 5) is 27.3. The van der Waals surface area contributed by atoms with Crippen LogP contribution >= 0.6 is 34.2 Å². The lowest BCUT2D eigenvalue weighted by atomic mass is 10.1. The van der Waals surface area contributed by atoms with E-state index in [4.69, 9.17) is 16.3 Å². The van der Waals surface area contributed by atoms with Crippen LogP contribution in [0.25, 0.3) is 0 Å². The van der Waals surface area contributed by atoms with Gasteiger partial charge in [-0.15, -0.1) is 0 Å². The molecule has 0 fully saturated rings. The van der Waals surface area contributed by atoms with Gasteiger partial charge in [0.2, 0.25) is 5.91 Å². The number of ether oxygens (including phenoxy) is 1. The van der Waals surface area contributed by atoms with Crippen molar-refractivity contribution in [3.63, 3.8) is 0 Å². The topological polar surface area (TPSA) is 58.6 Å². The Labute approximate surface area is 190 Å². The molecule has 0 aliphatic rings. The van der Waals surface area contributed by atoms with Gasteiger partial charge in [-0.25, -0.2) is 0 Å². The highest BCUT2D eigenvalue weighted by Crippen LogP contribution is 2.20. The lowest BCUT2D eigenvalue weighted by molar-refractivity contribution is -0.143.